The second kappa shape index (κ2) is 21.8. The van der Waals surface area contributed by atoms with Crippen molar-refractivity contribution >= 4 is 148 Å². The second-order valence-corrected chi connectivity index (χ2v) is 16.0. The molecule has 2 aliphatic carbocycles. The zero-order valence-corrected chi connectivity index (χ0v) is 31.4. The summed E-state index contributed by atoms with van der Waals surface area (Å²) in [5.41, 5.74) is 3.27. The maximum atomic E-state index is 13.8. The van der Waals surface area contributed by atoms with E-state index in [1.807, 2.05) is 12.1 Å². The molecule has 0 radical (unpaired) electrons. The molecule has 2 aliphatic rings. The first-order valence-corrected chi connectivity index (χ1v) is 20.0. The van der Waals surface area contributed by atoms with E-state index in [0.717, 1.165) is 24.0 Å². The number of carbonyl (C=O) groups excluding carboxylic acids is 2. The Hall–Kier alpha value is -2.26. The van der Waals surface area contributed by atoms with Gasteiger partial charge in [0.15, 0.2) is 0 Å². The molecule has 57 heavy (non-hydrogen) atoms. The summed E-state index contributed by atoms with van der Waals surface area (Å²) in [4.78, 5) is 49.9. The van der Waals surface area contributed by atoms with Crippen molar-refractivity contribution in [3.63, 3.8) is 0 Å². The van der Waals surface area contributed by atoms with Gasteiger partial charge in [-0.15, -0.1) is 0 Å². The molecule has 2 fully saturated rings. The van der Waals surface area contributed by atoms with Gasteiger partial charge < -0.3 is 25.6 Å². The number of benzene rings is 4. The summed E-state index contributed by atoms with van der Waals surface area (Å²) in [5, 5.41) is 24.2. The van der Waals surface area contributed by atoms with Crippen LogP contribution in [0.3, 0.4) is 0 Å². The predicted molar refractivity (Wildman–Crippen MR) is 222 cm³/mol. The van der Waals surface area contributed by atoms with E-state index in [1.54, 1.807) is 61.5 Å². The van der Waals surface area contributed by atoms with Gasteiger partial charge in [0.25, 0.3) is 11.8 Å². The Bertz CT molecular complexity index is 2150. The second-order valence-electron chi connectivity index (χ2n) is 14.1. The van der Waals surface area contributed by atoms with E-state index in [-0.39, 0.29) is 143 Å². The Morgan fingerprint density at radius 3 is 1.95 bits per heavy atom. The summed E-state index contributed by atoms with van der Waals surface area (Å²) in [6.45, 7) is 2.46. The molecule has 12 nitrogen and oxygen atoms in total. The fourth-order valence-electron chi connectivity index (χ4n) is 6.83. The number of rotatable bonds is 16. The fraction of sp³-hybridized carbons (Fsp3) is 0.333. The van der Waals surface area contributed by atoms with Crippen molar-refractivity contribution in [3.8, 4) is 5.75 Å². The van der Waals surface area contributed by atoms with Crippen LogP contribution in [0.5, 0.6) is 5.75 Å². The molecule has 4 N–H and O–H groups in total. The average Bonchev–Trinajstić information content (AvgIpc) is 4.02. The molecule has 0 aromatic heterocycles. The van der Waals surface area contributed by atoms with Crippen molar-refractivity contribution in [2.75, 3.05) is 23.8 Å². The molecule has 0 aliphatic heterocycles. The maximum absolute atomic E-state index is 13.8. The number of nitrogens with one attached hydrogen (secondary N) is 2. The number of amides is 2. The van der Waals surface area contributed by atoms with Crippen molar-refractivity contribution in [2.24, 2.45) is 11.8 Å². The number of nitrogens with zero attached hydrogens (tertiary/aromatic N) is 1. The minimum atomic E-state index is -4.01. The van der Waals surface area contributed by atoms with Crippen LogP contribution in [0.25, 0.3) is 0 Å². The third-order valence-electron chi connectivity index (χ3n) is 10.2. The molecule has 2 amide bonds. The molecule has 0 heterocycles. The summed E-state index contributed by atoms with van der Waals surface area (Å²) < 4.78 is 35.0. The number of hydrogen-bond acceptors (Lipinski definition) is 7. The molecular formula is C42H47K2N3O9S. The number of carbonyl (C=O) groups is 4. The van der Waals surface area contributed by atoms with Gasteiger partial charge in [-0.05, 0) is 129 Å². The number of hydrogen-bond donors (Lipinski definition) is 4. The molecule has 2 saturated carbocycles. The average molecular weight is 848 g/mol. The van der Waals surface area contributed by atoms with Crippen LogP contribution in [0.2, 0.25) is 0 Å². The van der Waals surface area contributed by atoms with Crippen LogP contribution in [0.15, 0.2) is 95.9 Å². The first-order chi connectivity index (χ1) is 26.4. The van der Waals surface area contributed by atoms with E-state index in [4.69, 9.17) is 9.84 Å². The van der Waals surface area contributed by atoms with Gasteiger partial charge in [-0.3, -0.25) is 14.4 Å². The van der Waals surface area contributed by atoms with Gasteiger partial charge in [0.05, 0.1) is 34.2 Å². The molecule has 0 saturated heterocycles. The third-order valence-corrected chi connectivity index (χ3v) is 12.3. The fourth-order valence-corrected chi connectivity index (χ4v) is 8.57. The number of aromatic carboxylic acids is 1. The van der Waals surface area contributed by atoms with Gasteiger partial charge in [-0.25, -0.2) is 13.2 Å². The Morgan fingerprint density at radius 1 is 0.737 bits per heavy atom. The number of carboxylic acid groups (broad SMARTS) is 2. The van der Waals surface area contributed by atoms with Crippen molar-refractivity contribution < 1.29 is 42.5 Å². The van der Waals surface area contributed by atoms with Crippen LogP contribution < -0.4 is 15.4 Å². The Kier molecular flexibility index (Phi) is 18.2. The number of carboxylic acids is 2. The zero-order chi connectivity index (χ0) is 39.1. The van der Waals surface area contributed by atoms with Crippen molar-refractivity contribution in [1.29, 1.82) is 0 Å². The zero-order valence-electron chi connectivity index (χ0n) is 30.6. The first kappa shape index (κ1) is 47.4. The molecule has 0 atom stereocenters. The number of aliphatic carboxylic acids is 1. The first-order valence-electron chi connectivity index (χ1n) is 18.6. The molecule has 292 valence electrons. The third kappa shape index (κ3) is 12.9. The standard InChI is InChI=1S/C42H45N3O9S.2K.2H/c1-2-45(34-20-16-31(17-21-34)42(50)51)55(52,53)36-5-3-4-32(24-36)39(46)44-38-23-22-35(54-26-29-8-9-29)25-37(38)40(47)43-33-18-12-28(13-19-33)7-6-27-10-14-30(15-11-27)41(48)49;;;;/h3-5,10-15,18-19,22-25,29,31,34H,2,6-9,16-17,20-21,26H2,1H3,(H,43,47)(H,44,46)(H,48,49)(H,50,51);;;;. The number of ether oxygens (including phenoxy) is 1. The number of sulfonamides is 1. The summed E-state index contributed by atoms with van der Waals surface area (Å²) in [5.74, 6) is -2.45. The van der Waals surface area contributed by atoms with Gasteiger partial charge in [0.2, 0.25) is 10.0 Å². The van der Waals surface area contributed by atoms with Gasteiger partial charge in [-0.2, -0.15) is 4.31 Å². The summed E-state index contributed by atoms with van der Waals surface area (Å²) in [6.07, 6.45) is 5.27. The van der Waals surface area contributed by atoms with Crippen LogP contribution in [0.1, 0.15) is 87.6 Å². The normalized spacial score (nSPS) is 16.4. The summed E-state index contributed by atoms with van der Waals surface area (Å²) >= 11 is 0. The summed E-state index contributed by atoms with van der Waals surface area (Å²) in [7, 11) is -4.01. The number of anilines is 2. The van der Waals surface area contributed by atoms with Gasteiger partial charge >= 0.3 is 115 Å². The Balaban J connectivity index is 0.00000360. The molecular weight excluding hydrogens is 801 g/mol. The Labute approximate surface area is 418 Å². The molecule has 0 unspecified atom stereocenters. The van der Waals surface area contributed by atoms with Gasteiger partial charge in [0, 0.05) is 23.8 Å². The van der Waals surface area contributed by atoms with Crippen LogP contribution in [0.4, 0.5) is 11.4 Å². The molecule has 4 aromatic rings. The van der Waals surface area contributed by atoms with E-state index in [9.17, 15) is 32.7 Å². The SMILES string of the molecule is CCN(C1CCC(C(=O)O)CC1)S(=O)(=O)c1cccc(C(=O)Nc2ccc(OCC3CC3)cc2C(=O)Nc2ccc(CCc3ccc(C(=O)O)cc3)cc2)c1.[KH].[KH]. The van der Waals surface area contributed by atoms with Crippen LogP contribution in [-0.2, 0) is 27.7 Å². The van der Waals surface area contributed by atoms with E-state index >= 15 is 0 Å². The van der Waals surface area contributed by atoms with Gasteiger partial charge in [-0.1, -0.05) is 37.3 Å². The van der Waals surface area contributed by atoms with Crippen molar-refractivity contribution in [1.82, 2.24) is 4.31 Å². The van der Waals surface area contributed by atoms with Crippen LogP contribution in [0, 0.1) is 11.8 Å². The quantitative estimate of drug-likeness (QED) is 0.101. The molecule has 0 spiro atoms. The Morgan fingerprint density at radius 2 is 1.37 bits per heavy atom. The predicted octanol–water partition coefficient (Wildman–Crippen LogP) is 5.82. The van der Waals surface area contributed by atoms with Crippen molar-refractivity contribution in [3.05, 3.63) is 119 Å². The molecule has 0 bridgehead atoms. The minimum absolute atomic E-state index is 0. The van der Waals surface area contributed by atoms with E-state index in [0.29, 0.717) is 62.5 Å². The van der Waals surface area contributed by atoms with E-state index in [2.05, 4.69) is 10.6 Å². The summed E-state index contributed by atoms with van der Waals surface area (Å²) in [6, 6.07) is 24.4. The molecule has 6 rings (SSSR count). The van der Waals surface area contributed by atoms with Gasteiger partial charge in [0.1, 0.15) is 5.75 Å². The van der Waals surface area contributed by atoms with Crippen molar-refractivity contribution in [2.45, 2.75) is 69.2 Å². The topological polar surface area (TPSA) is 179 Å². The van der Waals surface area contributed by atoms with Crippen LogP contribution in [-0.4, -0.2) is 169 Å². The monoisotopic (exact) mass is 847 g/mol. The molecule has 4 aromatic carbocycles. The van der Waals surface area contributed by atoms with E-state index < -0.39 is 39.7 Å². The van der Waals surface area contributed by atoms with Crippen LogP contribution >= 0.6 is 0 Å². The van der Waals surface area contributed by atoms with E-state index in [1.165, 1.54) is 28.6 Å². The number of aryl methyl sites for hydroxylation is 2. The molecule has 15 heteroatoms.